The quantitative estimate of drug-likeness (QED) is 0.707. The molecule has 0 aliphatic heterocycles. The molecule has 1 rings (SSSR count). The zero-order valence-corrected chi connectivity index (χ0v) is 7.66. The molecule has 0 amide bonds. The van der Waals surface area contributed by atoms with Gasteiger partial charge >= 0.3 is 6.18 Å². The van der Waals surface area contributed by atoms with Gasteiger partial charge in [0.25, 0.3) is 0 Å². The van der Waals surface area contributed by atoms with E-state index in [9.17, 15) is 17.6 Å². The summed E-state index contributed by atoms with van der Waals surface area (Å²) in [5.74, 6) is 0. The average molecular weight is 228 g/mol. The molecule has 0 saturated heterocycles. The van der Waals surface area contributed by atoms with Gasteiger partial charge in [-0.2, -0.15) is 13.2 Å². The summed E-state index contributed by atoms with van der Waals surface area (Å²) in [6.45, 7) is -0.696. The first-order valence-corrected chi connectivity index (χ1v) is 4.10. The highest BCUT2D eigenvalue weighted by Gasteiger charge is 2.31. The van der Waals surface area contributed by atoms with Gasteiger partial charge < -0.3 is 0 Å². The van der Waals surface area contributed by atoms with Crippen LogP contribution in [0.4, 0.5) is 17.6 Å². The molecule has 1 aromatic rings. The Morgan fingerprint density at radius 1 is 1.36 bits per heavy atom. The maximum atomic E-state index is 12.1. The summed E-state index contributed by atoms with van der Waals surface area (Å²) in [5, 5.41) is -0.155. The number of halogens is 5. The third-order valence-corrected chi connectivity index (χ3v) is 1.90. The van der Waals surface area contributed by atoms with E-state index in [0.29, 0.717) is 6.20 Å². The van der Waals surface area contributed by atoms with Gasteiger partial charge in [-0.05, 0) is 6.07 Å². The molecule has 78 valence electrons. The van der Waals surface area contributed by atoms with E-state index in [2.05, 4.69) is 4.98 Å². The van der Waals surface area contributed by atoms with Crippen molar-refractivity contribution in [3.8, 4) is 0 Å². The summed E-state index contributed by atoms with van der Waals surface area (Å²) >= 11 is 5.49. The van der Waals surface area contributed by atoms with Crippen molar-refractivity contribution < 1.29 is 17.6 Å². The molecule has 14 heavy (non-hydrogen) atoms. The number of hydrogen-bond acceptors (Lipinski definition) is 1. The van der Waals surface area contributed by atoms with E-state index in [1.165, 1.54) is 0 Å². The third-order valence-electron chi connectivity index (χ3n) is 1.58. The summed E-state index contributed by atoms with van der Waals surface area (Å²) in [4.78, 5) is 3.44. The third kappa shape index (κ3) is 2.57. The van der Waals surface area contributed by atoms with E-state index in [-0.39, 0.29) is 17.1 Å². The predicted octanol–water partition coefficient (Wildman–Crippen LogP) is 3.27. The summed E-state index contributed by atoms with van der Waals surface area (Å²) in [7, 11) is 0. The van der Waals surface area contributed by atoms with Crippen molar-refractivity contribution in [3.63, 3.8) is 0 Å². The molecular weight excluding hydrogens is 222 g/mol. The minimum atomic E-state index is -4.47. The van der Waals surface area contributed by atoms with Crippen molar-refractivity contribution in [2.24, 2.45) is 0 Å². The van der Waals surface area contributed by atoms with Crippen molar-refractivity contribution in [1.82, 2.24) is 4.98 Å². The molecule has 0 fully saturated rings. The maximum absolute atomic E-state index is 12.1. The van der Waals surface area contributed by atoms with Crippen molar-refractivity contribution in [1.29, 1.82) is 0 Å². The minimum Gasteiger partial charge on any atom is -0.259 e. The Kier molecular flexibility index (Phi) is 3.31. The zero-order valence-electron chi connectivity index (χ0n) is 6.91. The Labute approximate surface area is 82.7 Å². The summed E-state index contributed by atoms with van der Waals surface area (Å²) in [6.07, 6.45) is -3.89. The first-order chi connectivity index (χ1) is 6.45. The highest BCUT2D eigenvalue weighted by atomic mass is 35.5. The summed E-state index contributed by atoms with van der Waals surface area (Å²) < 4.78 is 48.2. The summed E-state index contributed by atoms with van der Waals surface area (Å²) in [5.41, 5.74) is -0.785. The van der Waals surface area contributed by atoms with Crippen molar-refractivity contribution in [2.75, 3.05) is 6.67 Å². The number of aryl methyl sites for hydroxylation is 1. The second kappa shape index (κ2) is 4.13. The number of aromatic nitrogens is 1. The molecule has 0 radical (unpaired) electrons. The van der Waals surface area contributed by atoms with E-state index in [1.807, 2.05) is 0 Å². The molecular formula is C8H6ClF4N. The van der Waals surface area contributed by atoms with Gasteiger partial charge in [0.05, 0.1) is 23.0 Å². The average Bonchev–Trinajstić information content (AvgIpc) is 2.07. The van der Waals surface area contributed by atoms with Crippen LogP contribution in [-0.4, -0.2) is 11.7 Å². The Bertz CT molecular complexity index is 324. The predicted molar refractivity (Wildman–Crippen MR) is 43.9 cm³/mol. The van der Waals surface area contributed by atoms with Gasteiger partial charge in [-0.1, -0.05) is 11.6 Å². The van der Waals surface area contributed by atoms with E-state index in [4.69, 9.17) is 11.6 Å². The number of hydrogen-bond donors (Lipinski definition) is 0. The standard InChI is InChI=1S/C8H6ClF4N/c9-6-3-5(8(11,12)13)4-14-7(6)1-2-10/h3-4H,1-2H2. The smallest absolute Gasteiger partial charge is 0.259 e. The lowest BCUT2D eigenvalue weighted by Gasteiger charge is -2.07. The van der Waals surface area contributed by atoms with Crippen LogP contribution >= 0.6 is 11.6 Å². The highest BCUT2D eigenvalue weighted by molar-refractivity contribution is 6.31. The molecule has 1 aromatic heterocycles. The monoisotopic (exact) mass is 227 g/mol. The maximum Gasteiger partial charge on any atom is 0.417 e. The molecule has 1 heterocycles. The molecule has 1 nitrogen and oxygen atoms in total. The van der Waals surface area contributed by atoms with Gasteiger partial charge in [0, 0.05) is 12.6 Å². The largest absolute Gasteiger partial charge is 0.417 e. The van der Waals surface area contributed by atoms with Gasteiger partial charge in [0.1, 0.15) is 0 Å². The second-order valence-electron chi connectivity index (χ2n) is 2.59. The Morgan fingerprint density at radius 3 is 2.43 bits per heavy atom. The molecule has 0 aliphatic carbocycles. The lowest BCUT2D eigenvalue weighted by molar-refractivity contribution is -0.137. The van der Waals surface area contributed by atoms with Crippen LogP contribution in [0.3, 0.4) is 0 Å². The van der Waals surface area contributed by atoms with Crippen molar-refractivity contribution in [2.45, 2.75) is 12.6 Å². The van der Waals surface area contributed by atoms with Crippen LogP contribution in [0.2, 0.25) is 5.02 Å². The van der Waals surface area contributed by atoms with Gasteiger partial charge in [-0.25, -0.2) is 0 Å². The first kappa shape index (κ1) is 11.2. The highest BCUT2D eigenvalue weighted by Crippen LogP contribution is 2.31. The zero-order chi connectivity index (χ0) is 10.8. The minimum absolute atomic E-state index is 0.0724. The van der Waals surface area contributed by atoms with Crippen LogP contribution < -0.4 is 0 Å². The fourth-order valence-corrected chi connectivity index (χ4v) is 1.16. The molecule has 0 bridgehead atoms. The molecule has 0 atom stereocenters. The molecule has 0 aromatic carbocycles. The SMILES string of the molecule is FCCc1ncc(C(F)(F)F)cc1Cl. The molecule has 0 aliphatic rings. The summed E-state index contributed by atoms with van der Waals surface area (Å²) in [6, 6.07) is 0.750. The van der Waals surface area contributed by atoms with E-state index in [0.717, 1.165) is 6.07 Å². The van der Waals surface area contributed by atoms with E-state index in [1.54, 1.807) is 0 Å². The number of rotatable bonds is 2. The second-order valence-corrected chi connectivity index (χ2v) is 3.00. The number of alkyl halides is 4. The van der Waals surface area contributed by atoms with Crippen molar-refractivity contribution >= 4 is 11.6 Å². The Morgan fingerprint density at radius 2 is 2.00 bits per heavy atom. The molecule has 0 saturated carbocycles. The van der Waals surface area contributed by atoms with E-state index < -0.39 is 18.4 Å². The van der Waals surface area contributed by atoms with E-state index >= 15 is 0 Å². The van der Waals surface area contributed by atoms with Crippen LogP contribution in [0.25, 0.3) is 0 Å². The molecule has 6 heteroatoms. The fourth-order valence-electron chi connectivity index (χ4n) is 0.895. The Hall–Kier alpha value is -0.840. The molecule has 0 N–H and O–H groups in total. The normalized spacial score (nSPS) is 11.8. The first-order valence-electron chi connectivity index (χ1n) is 3.72. The lowest BCUT2D eigenvalue weighted by atomic mass is 10.2. The van der Waals surface area contributed by atoms with Gasteiger partial charge in [-0.3, -0.25) is 9.37 Å². The van der Waals surface area contributed by atoms with Crippen LogP contribution in [-0.2, 0) is 12.6 Å². The molecule has 0 spiro atoms. The number of nitrogens with zero attached hydrogens (tertiary/aromatic N) is 1. The Balaban J connectivity index is 3.01. The number of pyridine rings is 1. The lowest BCUT2D eigenvalue weighted by Crippen LogP contribution is -2.06. The van der Waals surface area contributed by atoms with Crippen LogP contribution in [0, 0.1) is 0 Å². The fraction of sp³-hybridized carbons (Fsp3) is 0.375. The van der Waals surface area contributed by atoms with Crippen molar-refractivity contribution in [3.05, 3.63) is 28.5 Å². The molecule has 0 unspecified atom stereocenters. The van der Waals surface area contributed by atoms with Crippen LogP contribution in [0.5, 0.6) is 0 Å². The van der Waals surface area contributed by atoms with Crippen LogP contribution in [0.15, 0.2) is 12.3 Å². The topological polar surface area (TPSA) is 12.9 Å². The van der Waals surface area contributed by atoms with Gasteiger partial charge in [0.2, 0.25) is 0 Å². The van der Waals surface area contributed by atoms with Crippen LogP contribution in [0.1, 0.15) is 11.3 Å². The van der Waals surface area contributed by atoms with Gasteiger partial charge in [0.15, 0.2) is 0 Å². The van der Waals surface area contributed by atoms with Gasteiger partial charge in [-0.15, -0.1) is 0 Å².